The Hall–Kier alpha value is -3.33. The number of benzene rings is 2. The average Bonchev–Trinajstić information content (AvgIpc) is 3.05. The molecule has 8 nitrogen and oxygen atoms in total. The Labute approximate surface area is 163 Å². The molecule has 1 aromatic heterocycles. The quantitative estimate of drug-likeness (QED) is 0.386. The van der Waals surface area contributed by atoms with Crippen LogP contribution < -0.4 is 16.2 Å². The maximum Gasteiger partial charge on any atom is 0.268 e. The van der Waals surface area contributed by atoms with Gasteiger partial charge in [-0.1, -0.05) is 12.1 Å². The van der Waals surface area contributed by atoms with Crippen molar-refractivity contribution in [1.82, 2.24) is 3.97 Å². The summed E-state index contributed by atoms with van der Waals surface area (Å²) in [4.78, 5) is 0.150. The molecule has 1 heterocycles. The lowest BCUT2D eigenvalue weighted by Crippen LogP contribution is -2.22. The third-order valence-electron chi connectivity index (χ3n) is 4.25. The minimum Gasteiger partial charge on any atom is -0.497 e. The molecule has 0 saturated heterocycles. The van der Waals surface area contributed by atoms with Crippen molar-refractivity contribution in [2.24, 2.45) is 21.7 Å². The van der Waals surface area contributed by atoms with Crippen LogP contribution in [0.25, 0.3) is 10.9 Å². The first-order valence-electron chi connectivity index (χ1n) is 8.39. The van der Waals surface area contributed by atoms with Crippen molar-refractivity contribution in [3.8, 4) is 5.75 Å². The summed E-state index contributed by atoms with van der Waals surface area (Å²) in [5.41, 5.74) is 13.3. The molecule has 9 heteroatoms. The van der Waals surface area contributed by atoms with Gasteiger partial charge in [-0.15, -0.1) is 5.10 Å². The molecule has 0 fully saturated rings. The molecular weight excluding hydrogens is 378 g/mol. The number of hydrogen-bond donors (Lipinski definition) is 2. The summed E-state index contributed by atoms with van der Waals surface area (Å²) in [7, 11) is -2.31. The van der Waals surface area contributed by atoms with Crippen LogP contribution in [0.5, 0.6) is 5.75 Å². The normalized spacial score (nSPS) is 12.2. The number of guanidine groups is 1. The van der Waals surface area contributed by atoms with Gasteiger partial charge in [0.15, 0.2) is 0 Å². The van der Waals surface area contributed by atoms with E-state index in [0.29, 0.717) is 22.5 Å². The van der Waals surface area contributed by atoms with Gasteiger partial charge in [0.25, 0.3) is 10.0 Å². The van der Waals surface area contributed by atoms with Gasteiger partial charge in [0.05, 0.1) is 23.2 Å². The van der Waals surface area contributed by atoms with E-state index in [9.17, 15) is 8.42 Å². The predicted octanol–water partition coefficient (Wildman–Crippen LogP) is 2.19. The summed E-state index contributed by atoms with van der Waals surface area (Å²) in [6, 6.07) is 11.8. The molecule has 0 amide bonds. The molecule has 0 unspecified atom stereocenters. The van der Waals surface area contributed by atoms with Crippen LogP contribution in [0.15, 0.2) is 63.8 Å². The fourth-order valence-electron chi connectivity index (χ4n) is 2.84. The van der Waals surface area contributed by atoms with E-state index in [-0.39, 0.29) is 10.9 Å². The third kappa shape index (κ3) is 3.56. The van der Waals surface area contributed by atoms with Gasteiger partial charge in [0.2, 0.25) is 5.96 Å². The van der Waals surface area contributed by atoms with Crippen LogP contribution in [0, 0.1) is 6.92 Å². The number of fused-ring (bicyclic) bond motifs is 1. The molecule has 0 aliphatic rings. The van der Waals surface area contributed by atoms with Gasteiger partial charge in [0.1, 0.15) is 5.75 Å². The van der Waals surface area contributed by atoms with E-state index >= 15 is 0 Å². The zero-order valence-corrected chi connectivity index (χ0v) is 16.6. The zero-order chi connectivity index (χ0) is 20.5. The molecule has 0 saturated carbocycles. The molecule has 28 heavy (non-hydrogen) atoms. The van der Waals surface area contributed by atoms with Crippen molar-refractivity contribution in [1.29, 1.82) is 0 Å². The van der Waals surface area contributed by atoms with E-state index in [1.807, 2.05) is 25.1 Å². The first-order chi connectivity index (χ1) is 13.2. The van der Waals surface area contributed by atoms with E-state index in [2.05, 4.69) is 10.2 Å². The van der Waals surface area contributed by atoms with Crippen molar-refractivity contribution in [2.75, 3.05) is 7.11 Å². The monoisotopic (exact) mass is 399 g/mol. The first kappa shape index (κ1) is 19.4. The number of aromatic nitrogens is 1. The predicted molar refractivity (Wildman–Crippen MR) is 110 cm³/mol. The number of aryl methyl sites for hydroxylation is 1. The van der Waals surface area contributed by atoms with Gasteiger partial charge in [-0.05, 0) is 49.7 Å². The maximum absolute atomic E-state index is 13.3. The number of ether oxygens (including phenoxy) is 1. The Morgan fingerprint density at radius 3 is 2.36 bits per heavy atom. The highest BCUT2D eigenvalue weighted by Crippen LogP contribution is 2.28. The lowest BCUT2D eigenvalue weighted by atomic mass is 10.1. The Bertz CT molecular complexity index is 1190. The highest BCUT2D eigenvalue weighted by molar-refractivity contribution is 7.90. The molecule has 0 aliphatic carbocycles. The van der Waals surface area contributed by atoms with Crippen molar-refractivity contribution < 1.29 is 13.2 Å². The second kappa shape index (κ2) is 7.35. The van der Waals surface area contributed by atoms with Crippen LogP contribution in [-0.2, 0) is 10.0 Å². The molecule has 0 bridgehead atoms. The summed E-state index contributed by atoms with van der Waals surface area (Å²) in [6.07, 6.45) is 1.53. The molecule has 0 spiro atoms. The number of hydrogen-bond acceptors (Lipinski definition) is 5. The van der Waals surface area contributed by atoms with Crippen molar-refractivity contribution >= 4 is 32.6 Å². The zero-order valence-electron chi connectivity index (χ0n) is 15.7. The minimum atomic E-state index is -3.83. The van der Waals surface area contributed by atoms with E-state index in [1.54, 1.807) is 19.1 Å². The molecule has 3 aromatic rings. The van der Waals surface area contributed by atoms with Crippen LogP contribution in [0.3, 0.4) is 0 Å². The molecule has 0 atom stereocenters. The van der Waals surface area contributed by atoms with Gasteiger partial charge in [-0.2, -0.15) is 5.10 Å². The van der Waals surface area contributed by atoms with Gasteiger partial charge in [0, 0.05) is 17.1 Å². The van der Waals surface area contributed by atoms with E-state index in [1.165, 1.54) is 29.4 Å². The van der Waals surface area contributed by atoms with Gasteiger partial charge < -0.3 is 16.2 Å². The maximum atomic E-state index is 13.3. The molecule has 0 radical (unpaired) electrons. The van der Waals surface area contributed by atoms with Crippen LogP contribution in [0.1, 0.15) is 18.1 Å². The summed E-state index contributed by atoms with van der Waals surface area (Å²) in [6.45, 7) is 3.61. The fraction of sp³-hybridized carbons (Fsp3) is 0.158. The lowest BCUT2D eigenvalue weighted by Gasteiger charge is -2.08. The second-order valence-corrected chi connectivity index (χ2v) is 8.06. The Morgan fingerprint density at radius 2 is 1.75 bits per heavy atom. The molecule has 146 valence electrons. The fourth-order valence-corrected chi connectivity index (χ4v) is 4.20. The summed E-state index contributed by atoms with van der Waals surface area (Å²) >= 11 is 0. The summed E-state index contributed by atoms with van der Waals surface area (Å²) in [5.74, 6) is 0.401. The highest BCUT2D eigenvalue weighted by atomic mass is 32.2. The third-order valence-corrected chi connectivity index (χ3v) is 5.94. The Morgan fingerprint density at radius 1 is 1.07 bits per heavy atom. The first-order valence-corrected chi connectivity index (χ1v) is 9.83. The standard InChI is InChI=1S/C19H21N5O3S/c1-12-4-9-16-17(13(2)22-23-19(20)21)11-24(18(16)10-12)28(25,26)15-7-5-14(27-3)6-8-15/h4-11H,1-3H3,(H4,20,21,23)/b22-13+. The van der Waals surface area contributed by atoms with Crippen molar-refractivity contribution in [3.05, 3.63) is 59.8 Å². The molecule has 0 aliphatic heterocycles. The molecule has 2 aromatic carbocycles. The largest absolute Gasteiger partial charge is 0.497 e. The van der Waals surface area contributed by atoms with E-state index in [0.717, 1.165) is 10.9 Å². The van der Waals surface area contributed by atoms with E-state index < -0.39 is 10.0 Å². The van der Waals surface area contributed by atoms with E-state index in [4.69, 9.17) is 16.2 Å². The number of methoxy groups -OCH3 is 1. The van der Waals surface area contributed by atoms with Gasteiger partial charge >= 0.3 is 0 Å². The van der Waals surface area contributed by atoms with Crippen molar-refractivity contribution in [3.63, 3.8) is 0 Å². The highest BCUT2D eigenvalue weighted by Gasteiger charge is 2.22. The van der Waals surface area contributed by atoms with Crippen LogP contribution in [-0.4, -0.2) is 31.2 Å². The van der Waals surface area contributed by atoms with Gasteiger partial charge in [-0.3, -0.25) is 0 Å². The molecule has 3 rings (SSSR count). The molecular formula is C19H21N5O3S. The summed E-state index contributed by atoms with van der Waals surface area (Å²) < 4.78 is 32.9. The van der Waals surface area contributed by atoms with Crippen LogP contribution >= 0.6 is 0 Å². The van der Waals surface area contributed by atoms with Crippen LogP contribution in [0.2, 0.25) is 0 Å². The summed E-state index contributed by atoms with van der Waals surface area (Å²) in [5, 5.41) is 8.38. The minimum absolute atomic E-state index is 0.150. The topological polar surface area (TPSA) is 125 Å². The smallest absolute Gasteiger partial charge is 0.268 e. The van der Waals surface area contributed by atoms with Crippen molar-refractivity contribution in [2.45, 2.75) is 18.7 Å². The lowest BCUT2D eigenvalue weighted by molar-refractivity contribution is 0.414. The number of rotatable bonds is 5. The molecule has 4 N–H and O–H groups in total. The Balaban J connectivity index is 2.24. The number of nitrogens with zero attached hydrogens (tertiary/aromatic N) is 3. The Kier molecular flexibility index (Phi) is 5.10. The number of nitrogens with two attached hydrogens (primary N) is 2. The van der Waals surface area contributed by atoms with Gasteiger partial charge in [-0.25, -0.2) is 12.4 Å². The van der Waals surface area contributed by atoms with Crippen LogP contribution in [0.4, 0.5) is 0 Å². The SMILES string of the molecule is COc1ccc(S(=O)(=O)n2cc(/C(C)=N/N=C(N)N)c3ccc(C)cc32)cc1. The second-order valence-electron chi connectivity index (χ2n) is 6.25. The average molecular weight is 399 g/mol.